The number of amides is 2. The summed E-state index contributed by atoms with van der Waals surface area (Å²) in [6.07, 6.45) is 1.51. The first-order chi connectivity index (χ1) is 21.8. The van der Waals surface area contributed by atoms with Crippen LogP contribution >= 0.6 is 40.2 Å². The number of carbonyl (C=O) groups is 2. The number of hydrogen-bond donors (Lipinski definition) is 1. The Labute approximate surface area is 287 Å². The van der Waals surface area contributed by atoms with Crippen LogP contribution in [0.2, 0.25) is 10.0 Å². The van der Waals surface area contributed by atoms with Crippen molar-refractivity contribution in [3.05, 3.63) is 112 Å². The number of rotatable bonds is 8. The van der Waals surface area contributed by atoms with Crippen LogP contribution in [-0.4, -0.2) is 64.5 Å². The molecule has 0 aliphatic carbocycles. The lowest BCUT2D eigenvalue weighted by molar-refractivity contribution is 0.0619. The van der Waals surface area contributed by atoms with Gasteiger partial charge in [0.2, 0.25) is 5.88 Å². The Morgan fingerprint density at radius 1 is 0.870 bits per heavy atom. The summed E-state index contributed by atoms with van der Waals surface area (Å²) in [5, 5.41) is 4.41. The van der Waals surface area contributed by atoms with Crippen molar-refractivity contribution in [2.24, 2.45) is 7.05 Å². The molecular formula is C34H32BrCl2N5O4. The average Bonchev–Trinajstić information content (AvgIpc) is 3.39. The number of halogens is 3. The third kappa shape index (κ3) is 7.47. The average molecular weight is 725 g/mol. The lowest BCUT2D eigenvalue weighted by Gasteiger charge is -2.34. The van der Waals surface area contributed by atoms with E-state index < -0.39 is 0 Å². The fourth-order valence-electron chi connectivity index (χ4n) is 5.31. The van der Waals surface area contributed by atoms with Crippen LogP contribution in [0.5, 0.6) is 17.4 Å². The Bertz CT molecular complexity index is 1860. The maximum Gasteiger partial charge on any atom is 0.270 e. The smallest absolute Gasteiger partial charge is 0.270 e. The van der Waals surface area contributed by atoms with Crippen LogP contribution in [0.3, 0.4) is 0 Å². The van der Waals surface area contributed by atoms with E-state index in [0.29, 0.717) is 51.7 Å². The Balaban J connectivity index is 0.00000417. The molecule has 0 saturated carbocycles. The van der Waals surface area contributed by atoms with Crippen LogP contribution in [0.1, 0.15) is 26.4 Å². The number of benzene rings is 3. The second kappa shape index (κ2) is 14.6. The molecule has 2 aromatic heterocycles. The summed E-state index contributed by atoms with van der Waals surface area (Å²) in [4.78, 5) is 34.7. The van der Waals surface area contributed by atoms with Crippen molar-refractivity contribution in [3.63, 3.8) is 0 Å². The summed E-state index contributed by atoms with van der Waals surface area (Å²) in [6.45, 7) is 3.80. The third-order valence-electron chi connectivity index (χ3n) is 7.86. The summed E-state index contributed by atoms with van der Waals surface area (Å²) in [5.74, 6) is 1.47. The highest BCUT2D eigenvalue weighted by atomic mass is 79.9. The standard InChI is InChI=1S/C34H31Cl2N5O4.BrH/c1-39-30-19-27(45-32-12-7-25(20-37-32)38-33(42)24-6-11-28(35)29(36)17-24)10-5-23(30)18-31(39)34(43)41-15-13-40(14-16-41)21-22-3-8-26(44-2)9-4-22;/h3-12,17-20H,13-16,21H2,1-2H3,(H,38,42);1H. The van der Waals surface area contributed by atoms with E-state index in [1.807, 2.05) is 52.9 Å². The Hall–Kier alpha value is -4.09. The molecule has 0 unspecified atom stereocenters. The fourth-order valence-corrected chi connectivity index (χ4v) is 5.61. The second-order valence-electron chi connectivity index (χ2n) is 10.8. The van der Waals surface area contributed by atoms with Crippen LogP contribution in [0, 0.1) is 0 Å². The van der Waals surface area contributed by atoms with Crippen molar-refractivity contribution in [2.45, 2.75) is 6.54 Å². The van der Waals surface area contributed by atoms with Crippen molar-refractivity contribution in [1.29, 1.82) is 0 Å². The number of pyridine rings is 1. The molecule has 1 aliphatic heterocycles. The minimum atomic E-state index is -0.334. The summed E-state index contributed by atoms with van der Waals surface area (Å²) in [6, 6.07) is 23.7. The predicted molar refractivity (Wildman–Crippen MR) is 186 cm³/mol. The largest absolute Gasteiger partial charge is 0.497 e. The zero-order valence-electron chi connectivity index (χ0n) is 25.2. The maximum atomic E-state index is 13.5. The van der Waals surface area contributed by atoms with Gasteiger partial charge in [-0.15, -0.1) is 17.0 Å². The van der Waals surface area contributed by atoms with E-state index in [9.17, 15) is 9.59 Å². The first kappa shape index (κ1) is 33.3. The Morgan fingerprint density at radius 2 is 1.61 bits per heavy atom. The van der Waals surface area contributed by atoms with Crippen molar-refractivity contribution in [2.75, 3.05) is 38.6 Å². The zero-order chi connectivity index (χ0) is 31.5. The van der Waals surface area contributed by atoms with Crippen LogP contribution in [0.4, 0.5) is 5.69 Å². The summed E-state index contributed by atoms with van der Waals surface area (Å²) in [7, 11) is 3.56. The molecule has 1 aliphatic rings. The minimum absolute atomic E-state index is 0. The molecule has 46 heavy (non-hydrogen) atoms. The van der Waals surface area contributed by atoms with Gasteiger partial charge in [-0.05, 0) is 60.2 Å². The minimum Gasteiger partial charge on any atom is -0.497 e. The molecule has 1 fully saturated rings. The third-order valence-corrected chi connectivity index (χ3v) is 8.60. The van der Waals surface area contributed by atoms with Gasteiger partial charge in [-0.1, -0.05) is 35.3 Å². The highest BCUT2D eigenvalue weighted by Crippen LogP contribution is 2.28. The van der Waals surface area contributed by atoms with E-state index in [0.717, 1.165) is 36.3 Å². The van der Waals surface area contributed by atoms with Gasteiger partial charge in [0, 0.05) is 62.9 Å². The highest BCUT2D eigenvalue weighted by Gasteiger charge is 2.25. The first-order valence-corrected chi connectivity index (χ1v) is 15.2. The number of nitrogens with zero attached hydrogens (tertiary/aromatic N) is 4. The molecule has 3 heterocycles. The number of piperazine rings is 1. The van der Waals surface area contributed by atoms with E-state index in [1.165, 1.54) is 17.8 Å². The number of fused-ring (bicyclic) bond motifs is 1. The van der Waals surface area contributed by atoms with E-state index >= 15 is 0 Å². The number of nitrogens with one attached hydrogen (secondary N) is 1. The van der Waals surface area contributed by atoms with Crippen LogP contribution < -0.4 is 14.8 Å². The first-order valence-electron chi connectivity index (χ1n) is 14.4. The molecule has 6 rings (SSSR count). The monoisotopic (exact) mass is 723 g/mol. The highest BCUT2D eigenvalue weighted by molar-refractivity contribution is 8.93. The zero-order valence-corrected chi connectivity index (χ0v) is 28.4. The maximum absolute atomic E-state index is 13.5. The summed E-state index contributed by atoms with van der Waals surface area (Å²) < 4.78 is 13.2. The number of anilines is 1. The van der Waals surface area contributed by atoms with Gasteiger partial charge in [-0.25, -0.2) is 4.98 Å². The quantitative estimate of drug-likeness (QED) is 0.179. The number of aryl methyl sites for hydroxylation is 1. The van der Waals surface area contributed by atoms with Gasteiger partial charge in [0.1, 0.15) is 17.2 Å². The SMILES string of the molecule is Br.COc1ccc(CN2CCN(C(=O)c3cc4ccc(Oc5ccc(NC(=O)c6ccc(Cl)c(Cl)c6)cn5)cc4n3C)CC2)cc1. The van der Waals surface area contributed by atoms with Gasteiger partial charge in [0.25, 0.3) is 11.8 Å². The molecule has 2 amide bonds. The number of carbonyl (C=O) groups excluding carboxylic acids is 2. The van der Waals surface area contributed by atoms with Crippen LogP contribution in [0.25, 0.3) is 10.9 Å². The molecule has 3 aromatic carbocycles. The topological polar surface area (TPSA) is 88.9 Å². The number of ether oxygens (including phenoxy) is 2. The summed E-state index contributed by atoms with van der Waals surface area (Å²) >= 11 is 12.0. The molecule has 0 bridgehead atoms. The molecule has 1 N–H and O–H groups in total. The molecule has 1 saturated heterocycles. The lowest BCUT2D eigenvalue weighted by Crippen LogP contribution is -2.48. The molecule has 9 nitrogen and oxygen atoms in total. The molecule has 0 radical (unpaired) electrons. The molecule has 12 heteroatoms. The van der Waals surface area contributed by atoms with Gasteiger partial charge in [-0.2, -0.15) is 0 Å². The van der Waals surface area contributed by atoms with Crippen molar-refractivity contribution < 1.29 is 19.1 Å². The normalized spacial score (nSPS) is 13.3. The Morgan fingerprint density at radius 3 is 2.28 bits per heavy atom. The molecule has 0 spiro atoms. The van der Waals surface area contributed by atoms with Gasteiger partial charge in [0.15, 0.2) is 0 Å². The van der Waals surface area contributed by atoms with Crippen molar-refractivity contribution in [1.82, 2.24) is 19.4 Å². The number of aromatic nitrogens is 2. The number of hydrogen-bond acceptors (Lipinski definition) is 6. The lowest BCUT2D eigenvalue weighted by atomic mass is 10.2. The second-order valence-corrected chi connectivity index (χ2v) is 11.6. The van der Waals surface area contributed by atoms with E-state index in [2.05, 4.69) is 27.3 Å². The summed E-state index contributed by atoms with van der Waals surface area (Å²) in [5.41, 5.74) is 3.61. The fraction of sp³-hybridized carbons (Fsp3) is 0.206. The van der Waals surface area contributed by atoms with Gasteiger partial charge >= 0.3 is 0 Å². The van der Waals surface area contributed by atoms with E-state index in [1.54, 1.807) is 31.4 Å². The van der Waals surface area contributed by atoms with Crippen molar-refractivity contribution in [3.8, 4) is 17.4 Å². The van der Waals surface area contributed by atoms with Gasteiger partial charge in [0.05, 0.1) is 34.6 Å². The number of methoxy groups -OCH3 is 1. The molecule has 5 aromatic rings. The van der Waals surface area contributed by atoms with E-state index in [-0.39, 0.29) is 28.8 Å². The van der Waals surface area contributed by atoms with Crippen LogP contribution in [-0.2, 0) is 13.6 Å². The van der Waals surface area contributed by atoms with Gasteiger partial charge in [-0.3, -0.25) is 14.5 Å². The van der Waals surface area contributed by atoms with Crippen molar-refractivity contribution >= 4 is 68.6 Å². The van der Waals surface area contributed by atoms with E-state index in [4.69, 9.17) is 32.7 Å². The van der Waals surface area contributed by atoms with Gasteiger partial charge < -0.3 is 24.3 Å². The molecular weight excluding hydrogens is 693 g/mol. The molecule has 238 valence electrons. The molecule has 0 atom stereocenters. The Kier molecular flexibility index (Phi) is 10.5. The predicted octanol–water partition coefficient (Wildman–Crippen LogP) is 7.47. The van der Waals surface area contributed by atoms with Crippen LogP contribution in [0.15, 0.2) is 85.1 Å².